The Kier molecular flexibility index (Phi) is 10.8. The molecule has 4 N–H and O–H groups in total. The number of ether oxygens (including phenoxy) is 1. The molecule has 0 saturated heterocycles. The molecule has 1 aliphatic heterocycles. The second-order valence-corrected chi connectivity index (χ2v) is 12.5. The average molecular weight is 605 g/mol. The molecule has 0 unspecified atom stereocenters. The van der Waals surface area contributed by atoms with E-state index in [1.54, 1.807) is 11.8 Å². The summed E-state index contributed by atoms with van der Waals surface area (Å²) in [5, 5.41) is 17.8. The highest BCUT2D eigenvalue weighted by Gasteiger charge is 2.33. The largest absolute Gasteiger partial charge is 0.453 e. The average Bonchev–Trinajstić information content (AvgIpc) is 3.11. The van der Waals surface area contributed by atoms with E-state index < -0.39 is 23.1 Å². The minimum absolute atomic E-state index is 0.157. The molecule has 2 atom stereocenters. The summed E-state index contributed by atoms with van der Waals surface area (Å²) in [6.45, 7) is 7.01. The number of fused-ring (bicyclic) bond motifs is 1. The Hall–Kier alpha value is -3.86. The number of β-amino-alcohol motifs (C(OH)–C–C–N with tert-alkyl or cyclic N) is 1. The second kappa shape index (κ2) is 14.5. The smallest absolute Gasteiger partial charge is 0.407 e. The summed E-state index contributed by atoms with van der Waals surface area (Å²) in [6.07, 6.45) is -0.860. The van der Waals surface area contributed by atoms with Crippen LogP contribution in [0.3, 0.4) is 0 Å². The van der Waals surface area contributed by atoms with Gasteiger partial charge in [-0.05, 0) is 54.7 Å². The van der Waals surface area contributed by atoms with E-state index in [1.807, 2.05) is 86.6 Å². The zero-order valence-corrected chi connectivity index (χ0v) is 25.9. The number of hydrogen-bond acceptors (Lipinski definition) is 7. The molecule has 0 radical (unpaired) electrons. The highest BCUT2D eigenvalue weighted by molar-refractivity contribution is 8.00. The third kappa shape index (κ3) is 9.06. The maximum absolute atomic E-state index is 13.8. The third-order valence-corrected chi connectivity index (χ3v) is 8.36. The van der Waals surface area contributed by atoms with Gasteiger partial charge in [0.15, 0.2) is 5.37 Å². The highest BCUT2D eigenvalue weighted by atomic mass is 32.2. The second-order valence-electron chi connectivity index (χ2n) is 11.4. The number of nitrogens with zero attached hydrogens (tertiary/aromatic N) is 1. The van der Waals surface area contributed by atoms with Crippen LogP contribution in [0.25, 0.3) is 11.1 Å². The number of carbonyl (C=O) groups is 3. The van der Waals surface area contributed by atoms with Crippen LogP contribution in [0.1, 0.15) is 43.9 Å². The summed E-state index contributed by atoms with van der Waals surface area (Å²) in [5.41, 5.74) is 4.38. The molecule has 3 aromatic carbocycles. The Balaban J connectivity index is 1.49. The molecule has 10 heteroatoms. The lowest BCUT2D eigenvalue weighted by molar-refractivity contribution is -0.135. The third-order valence-electron chi connectivity index (χ3n) is 7.15. The number of thioether (sulfide) groups is 1. The van der Waals surface area contributed by atoms with E-state index in [1.165, 1.54) is 18.9 Å². The number of aliphatic hydroxyl groups is 1. The number of nitrogens with one attached hydrogen (secondary N) is 3. The molecule has 0 fully saturated rings. The number of hydrogen-bond donors (Lipinski definition) is 4. The van der Waals surface area contributed by atoms with Crippen LogP contribution >= 0.6 is 11.8 Å². The SMILES string of the molecule is COC(=O)NCc1ccccc1-c1ccc(CN2Cc3ccccc3S[C@@H](NC(=O)CC(C)(C)NC[C@@H](C)O)C2=O)cc1. The van der Waals surface area contributed by atoms with Gasteiger partial charge in [-0.15, -0.1) is 0 Å². The van der Waals surface area contributed by atoms with Crippen molar-refractivity contribution in [2.45, 2.75) is 68.7 Å². The van der Waals surface area contributed by atoms with Crippen molar-refractivity contribution in [1.29, 1.82) is 0 Å². The summed E-state index contributed by atoms with van der Waals surface area (Å²) in [4.78, 5) is 41.2. The molecular formula is C33H40N4O5S. The van der Waals surface area contributed by atoms with Gasteiger partial charge in [0.25, 0.3) is 5.91 Å². The van der Waals surface area contributed by atoms with Crippen LogP contribution < -0.4 is 16.0 Å². The van der Waals surface area contributed by atoms with E-state index in [9.17, 15) is 19.5 Å². The summed E-state index contributed by atoms with van der Waals surface area (Å²) in [7, 11) is 1.34. The van der Waals surface area contributed by atoms with Gasteiger partial charge < -0.3 is 30.7 Å². The molecule has 1 heterocycles. The summed E-state index contributed by atoms with van der Waals surface area (Å²) >= 11 is 1.36. The van der Waals surface area contributed by atoms with E-state index in [2.05, 4.69) is 16.0 Å². The lowest BCUT2D eigenvalue weighted by atomic mass is 9.98. The fourth-order valence-corrected chi connectivity index (χ4v) is 6.03. The molecule has 3 amide bonds. The van der Waals surface area contributed by atoms with Gasteiger partial charge in [0.1, 0.15) is 0 Å². The van der Waals surface area contributed by atoms with Crippen LogP contribution in [0.2, 0.25) is 0 Å². The van der Waals surface area contributed by atoms with Gasteiger partial charge >= 0.3 is 6.09 Å². The summed E-state index contributed by atoms with van der Waals surface area (Å²) in [6, 6.07) is 23.8. The predicted molar refractivity (Wildman–Crippen MR) is 168 cm³/mol. The number of methoxy groups -OCH3 is 1. The summed E-state index contributed by atoms with van der Waals surface area (Å²) in [5.74, 6) is -0.398. The van der Waals surface area contributed by atoms with Gasteiger partial charge in [0, 0.05) is 43.0 Å². The van der Waals surface area contributed by atoms with Crippen molar-refractivity contribution in [3.05, 3.63) is 89.5 Å². The monoisotopic (exact) mass is 604 g/mol. The van der Waals surface area contributed by atoms with E-state index in [0.717, 1.165) is 32.7 Å². The standard InChI is InChI=1S/C33H40N4O5S/c1-22(38)18-35-33(2,3)17-29(39)36-30-31(40)37(21-26-10-6-8-12-28(26)43-30)20-23-13-15-24(16-14-23)27-11-7-5-9-25(27)19-34-32(41)42-4/h5-16,22,30,35,38H,17-21H2,1-4H3,(H,34,41)(H,36,39)/t22-,30-/m1/s1. The van der Waals surface area contributed by atoms with Crippen molar-refractivity contribution < 1.29 is 24.2 Å². The zero-order chi connectivity index (χ0) is 31.0. The zero-order valence-electron chi connectivity index (χ0n) is 25.1. The van der Waals surface area contributed by atoms with Gasteiger partial charge in [-0.3, -0.25) is 9.59 Å². The van der Waals surface area contributed by atoms with Crippen molar-refractivity contribution in [3.8, 4) is 11.1 Å². The Labute approximate surface area is 257 Å². The van der Waals surface area contributed by atoms with E-state index in [4.69, 9.17) is 4.74 Å². The van der Waals surface area contributed by atoms with Crippen LogP contribution in [-0.2, 0) is 34.0 Å². The molecular weight excluding hydrogens is 564 g/mol. The van der Waals surface area contributed by atoms with Crippen LogP contribution in [0, 0.1) is 0 Å². The molecule has 0 aromatic heterocycles. The first-order chi connectivity index (χ1) is 20.5. The highest BCUT2D eigenvalue weighted by Crippen LogP contribution is 2.33. The normalized spacial score (nSPS) is 15.7. The Morgan fingerprint density at radius 2 is 1.77 bits per heavy atom. The Morgan fingerprint density at radius 1 is 1.07 bits per heavy atom. The van der Waals surface area contributed by atoms with E-state index in [-0.39, 0.29) is 18.2 Å². The number of benzene rings is 3. The maximum Gasteiger partial charge on any atom is 0.407 e. The fourth-order valence-electron chi connectivity index (χ4n) is 4.89. The van der Waals surface area contributed by atoms with Crippen LogP contribution in [-0.4, -0.2) is 58.6 Å². The van der Waals surface area contributed by atoms with Crippen molar-refractivity contribution in [1.82, 2.24) is 20.9 Å². The van der Waals surface area contributed by atoms with Crippen LogP contribution in [0.15, 0.2) is 77.7 Å². The number of alkyl carbamates (subject to hydrolysis) is 1. The van der Waals surface area contributed by atoms with Gasteiger partial charge in [-0.1, -0.05) is 78.5 Å². The number of rotatable bonds is 11. The van der Waals surface area contributed by atoms with E-state index >= 15 is 0 Å². The molecule has 43 heavy (non-hydrogen) atoms. The van der Waals surface area contributed by atoms with Crippen molar-refractivity contribution in [3.63, 3.8) is 0 Å². The van der Waals surface area contributed by atoms with Crippen molar-refractivity contribution in [2.75, 3.05) is 13.7 Å². The molecule has 0 saturated carbocycles. The first-order valence-electron chi connectivity index (χ1n) is 14.3. The van der Waals surface area contributed by atoms with Gasteiger partial charge in [0.05, 0.1) is 13.2 Å². The molecule has 1 aliphatic rings. The maximum atomic E-state index is 13.8. The Bertz CT molecular complexity index is 1430. The quantitative estimate of drug-likeness (QED) is 0.256. The number of aliphatic hydroxyl groups excluding tert-OH is 1. The lowest BCUT2D eigenvalue weighted by Crippen LogP contribution is -2.50. The molecule has 0 spiro atoms. The fraction of sp³-hybridized carbons (Fsp3) is 0.364. The molecule has 4 rings (SSSR count). The minimum atomic E-state index is -0.767. The first kappa shape index (κ1) is 32.1. The van der Waals surface area contributed by atoms with Gasteiger partial charge in [-0.2, -0.15) is 0 Å². The molecule has 228 valence electrons. The molecule has 0 aliphatic carbocycles. The first-order valence-corrected chi connectivity index (χ1v) is 15.2. The van der Waals surface area contributed by atoms with Crippen LogP contribution in [0.5, 0.6) is 0 Å². The Morgan fingerprint density at radius 3 is 2.49 bits per heavy atom. The van der Waals surface area contributed by atoms with Crippen LogP contribution in [0.4, 0.5) is 4.79 Å². The van der Waals surface area contributed by atoms with Gasteiger partial charge in [0.2, 0.25) is 5.91 Å². The molecule has 3 aromatic rings. The van der Waals surface area contributed by atoms with Crippen molar-refractivity contribution in [2.24, 2.45) is 0 Å². The molecule has 9 nitrogen and oxygen atoms in total. The molecule has 0 bridgehead atoms. The lowest BCUT2D eigenvalue weighted by Gasteiger charge is -2.28. The topological polar surface area (TPSA) is 120 Å². The predicted octanol–water partition coefficient (Wildman–Crippen LogP) is 4.43. The summed E-state index contributed by atoms with van der Waals surface area (Å²) < 4.78 is 4.69. The van der Waals surface area contributed by atoms with Crippen molar-refractivity contribution >= 4 is 29.7 Å². The van der Waals surface area contributed by atoms with Gasteiger partial charge in [-0.25, -0.2) is 4.79 Å². The number of amides is 3. The van der Waals surface area contributed by atoms with E-state index in [0.29, 0.717) is 26.2 Å². The number of carbonyl (C=O) groups excluding carboxylic acids is 3. The minimum Gasteiger partial charge on any atom is -0.453 e.